The summed E-state index contributed by atoms with van der Waals surface area (Å²) in [6.07, 6.45) is 3.77. The van der Waals surface area contributed by atoms with Gasteiger partial charge < -0.3 is 14.5 Å². The second-order valence-corrected chi connectivity index (χ2v) is 7.99. The summed E-state index contributed by atoms with van der Waals surface area (Å²) in [6.45, 7) is 7.31. The fourth-order valence-electron chi connectivity index (χ4n) is 4.09. The van der Waals surface area contributed by atoms with Gasteiger partial charge in [0.25, 0.3) is 0 Å². The van der Waals surface area contributed by atoms with Gasteiger partial charge in [-0.2, -0.15) is 0 Å². The van der Waals surface area contributed by atoms with Gasteiger partial charge in [-0.05, 0) is 43.9 Å². The smallest absolute Gasteiger partial charge is 0.225 e. The quantitative estimate of drug-likeness (QED) is 0.754. The zero-order valence-corrected chi connectivity index (χ0v) is 17.6. The van der Waals surface area contributed by atoms with Crippen LogP contribution in [0.25, 0.3) is 0 Å². The highest BCUT2D eigenvalue weighted by atomic mass is 16.5. The molecule has 6 heteroatoms. The predicted molar refractivity (Wildman–Crippen MR) is 113 cm³/mol. The zero-order valence-electron chi connectivity index (χ0n) is 17.6. The summed E-state index contributed by atoms with van der Waals surface area (Å²) in [7, 11) is 1.69. The minimum Gasteiger partial charge on any atom is -0.497 e. The molecule has 6 nitrogen and oxygen atoms in total. The lowest BCUT2D eigenvalue weighted by Gasteiger charge is -2.36. The fraction of sp³-hybridized carbons (Fsp3) is 0.522. The highest BCUT2D eigenvalue weighted by Crippen LogP contribution is 2.32. The monoisotopic (exact) mass is 394 g/mol. The Hall–Kier alpha value is -2.63. The van der Waals surface area contributed by atoms with Crippen LogP contribution in [-0.2, 0) is 17.6 Å². The van der Waals surface area contributed by atoms with Gasteiger partial charge in [-0.15, -0.1) is 0 Å². The van der Waals surface area contributed by atoms with Gasteiger partial charge in [0.1, 0.15) is 17.4 Å². The van der Waals surface area contributed by atoms with Crippen molar-refractivity contribution in [1.29, 1.82) is 0 Å². The maximum atomic E-state index is 12.4. The molecular formula is C23H30N4O2. The Morgan fingerprint density at radius 3 is 2.59 bits per heavy atom. The molecule has 0 radical (unpaired) electrons. The Labute approximate surface area is 172 Å². The van der Waals surface area contributed by atoms with Gasteiger partial charge >= 0.3 is 0 Å². The standard InChI is InChI=1S/C23H30N4O2/c1-4-21-20(15-17-6-5-7-19(14-17)29-3)22(25-16(2)24-21)26-10-12-27(13-11-26)23(28)18-8-9-18/h5-7,14,18H,4,8-13,15H2,1-3H3. The van der Waals surface area contributed by atoms with E-state index in [2.05, 4.69) is 24.0 Å². The van der Waals surface area contributed by atoms with E-state index in [0.29, 0.717) is 5.91 Å². The molecular weight excluding hydrogens is 364 g/mol. The molecule has 4 rings (SSSR count). The molecule has 1 aromatic carbocycles. The molecule has 2 aromatic rings. The lowest BCUT2D eigenvalue weighted by molar-refractivity contribution is -0.132. The molecule has 1 aromatic heterocycles. The number of piperazine rings is 1. The van der Waals surface area contributed by atoms with Gasteiger partial charge in [0.2, 0.25) is 5.91 Å². The van der Waals surface area contributed by atoms with Crippen molar-refractivity contribution in [2.45, 2.75) is 39.5 Å². The van der Waals surface area contributed by atoms with E-state index in [0.717, 1.165) is 74.9 Å². The maximum absolute atomic E-state index is 12.4. The van der Waals surface area contributed by atoms with Crippen LogP contribution in [-0.4, -0.2) is 54.1 Å². The molecule has 1 saturated carbocycles. The lowest BCUT2D eigenvalue weighted by atomic mass is 10.0. The lowest BCUT2D eigenvalue weighted by Crippen LogP contribution is -2.49. The summed E-state index contributed by atoms with van der Waals surface area (Å²) in [5.74, 6) is 3.33. The average Bonchev–Trinajstić information content (AvgIpc) is 3.60. The predicted octanol–water partition coefficient (Wildman–Crippen LogP) is 3.01. The molecule has 2 heterocycles. The first-order chi connectivity index (χ1) is 14.1. The zero-order chi connectivity index (χ0) is 20.4. The summed E-state index contributed by atoms with van der Waals surface area (Å²) >= 11 is 0. The van der Waals surface area contributed by atoms with Crippen LogP contribution < -0.4 is 9.64 Å². The van der Waals surface area contributed by atoms with Crippen molar-refractivity contribution in [1.82, 2.24) is 14.9 Å². The van der Waals surface area contributed by atoms with Crippen molar-refractivity contribution in [3.63, 3.8) is 0 Å². The molecule has 29 heavy (non-hydrogen) atoms. The second-order valence-electron chi connectivity index (χ2n) is 7.99. The number of anilines is 1. The third kappa shape index (κ3) is 4.36. The summed E-state index contributed by atoms with van der Waals surface area (Å²) in [5, 5.41) is 0. The van der Waals surface area contributed by atoms with Crippen LogP contribution in [0.1, 0.15) is 42.4 Å². The molecule has 0 spiro atoms. The van der Waals surface area contributed by atoms with E-state index in [1.165, 1.54) is 11.1 Å². The summed E-state index contributed by atoms with van der Waals surface area (Å²) < 4.78 is 5.39. The Balaban J connectivity index is 1.59. The van der Waals surface area contributed by atoms with E-state index in [9.17, 15) is 4.79 Å². The van der Waals surface area contributed by atoms with Crippen molar-refractivity contribution >= 4 is 11.7 Å². The van der Waals surface area contributed by atoms with Crippen LogP contribution in [0, 0.1) is 12.8 Å². The summed E-state index contributed by atoms with van der Waals surface area (Å²) in [4.78, 5) is 26.3. The number of rotatable bonds is 6. The van der Waals surface area contributed by atoms with Crippen molar-refractivity contribution in [2.75, 3.05) is 38.2 Å². The number of hydrogen-bond donors (Lipinski definition) is 0. The van der Waals surface area contributed by atoms with Crippen molar-refractivity contribution in [2.24, 2.45) is 5.92 Å². The molecule has 1 amide bonds. The van der Waals surface area contributed by atoms with E-state index in [1.54, 1.807) is 7.11 Å². The van der Waals surface area contributed by atoms with Crippen molar-refractivity contribution in [3.8, 4) is 5.75 Å². The maximum Gasteiger partial charge on any atom is 0.225 e. The first-order valence-corrected chi connectivity index (χ1v) is 10.6. The molecule has 1 aliphatic carbocycles. The number of aromatic nitrogens is 2. The van der Waals surface area contributed by atoms with Crippen LogP contribution in [0.5, 0.6) is 5.75 Å². The van der Waals surface area contributed by atoms with Crippen LogP contribution in [0.4, 0.5) is 5.82 Å². The number of ether oxygens (including phenoxy) is 1. The Morgan fingerprint density at radius 1 is 1.17 bits per heavy atom. The fourth-order valence-corrected chi connectivity index (χ4v) is 4.09. The SMILES string of the molecule is CCc1nc(C)nc(N2CCN(C(=O)C3CC3)CC2)c1Cc1cccc(OC)c1. The van der Waals surface area contributed by atoms with Gasteiger partial charge in [0.05, 0.1) is 7.11 Å². The molecule has 0 bridgehead atoms. The number of carbonyl (C=O) groups is 1. The van der Waals surface area contributed by atoms with Gasteiger partial charge in [-0.1, -0.05) is 19.1 Å². The third-order valence-corrected chi connectivity index (χ3v) is 5.85. The number of carbonyl (C=O) groups excluding carboxylic acids is 1. The molecule has 1 aliphatic heterocycles. The molecule has 0 N–H and O–H groups in total. The Bertz CT molecular complexity index is 886. The van der Waals surface area contributed by atoms with Crippen LogP contribution in [0.2, 0.25) is 0 Å². The Kier molecular flexibility index (Phi) is 5.69. The Morgan fingerprint density at radius 2 is 1.93 bits per heavy atom. The normalized spacial score (nSPS) is 16.8. The molecule has 2 fully saturated rings. The summed E-state index contributed by atoms with van der Waals surface area (Å²) in [5.41, 5.74) is 3.48. The van der Waals surface area contributed by atoms with Gasteiger partial charge in [-0.3, -0.25) is 4.79 Å². The topological polar surface area (TPSA) is 58.6 Å². The van der Waals surface area contributed by atoms with Gasteiger partial charge in [0.15, 0.2) is 0 Å². The van der Waals surface area contributed by atoms with Crippen molar-refractivity contribution in [3.05, 3.63) is 46.9 Å². The highest BCUT2D eigenvalue weighted by Gasteiger charge is 2.35. The molecule has 2 aliphatic rings. The van der Waals surface area contributed by atoms with Crippen LogP contribution >= 0.6 is 0 Å². The summed E-state index contributed by atoms with van der Waals surface area (Å²) in [6, 6.07) is 8.19. The molecule has 1 saturated heterocycles. The first kappa shape index (κ1) is 19.7. The second kappa shape index (κ2) is 8.39. The van der Waals surface area contributed by atoms with E-state index in [-0.39, 0.29) is 5.92 Å². The largest absolute Gasteiger partial charge is 0.497 e. The highest BCUT2D eigenvalue weighted by molar-refractivity contribution is 5.81. The van der Waals surface area contributed by atoms with Crippen molar-refractivity contribution < 1.29 is 9.53 Å². The van der Waals surface area contributed by atoms with Crippen LogP contribution in [0.15, 0.2) is 24.3 Å². The number of methoxy groups -OCH3 is 1. The minimum absolute atomic E-state index is 0.290. The average molecular weight is 395 g/mol. The molecule has 154 valence electrons. The molecule has 0 unspecified atom stereocenters. The third-order valence-electron chi connectivity index (χ3n) is 5.85. The number of aryl methyl sites for hydroxylation is 2. The van der Waals surface area contributed by atoms with E-state index < -0.39 is 0 Å². The number of nitrogens with zero attached hydrogens (tertiary/aromatic N) is 4. The number of amides is 1. The van der Waals surface area contributed by atoms with Crippen LogP contribution in [0.3, 0.4) is 0 Å². The number of benzene rings is 1. The van der Waals surface area contributed by atoms with E-state index in [4.69, 9.17) is 14.7 Å². The van der Waals surface area contributed by atoms with E-state index in [1.807, 2.05) is 24.0 Å². The van der Waals surface area contributed by atoms with Gasteiger partial charge in [-0.25, -0.2) is 9.97 Å². The molecule has 0 atom stereocenters. The first-order valence-electron chi connectivity index (χ1n) is 10.6. The number of hydrogen-bond acceptors (Lipinski definition) is 5. The van der Waals surface area contributed by atoms with Gasteiger partial charge in [0, 0.05) is 49.8 Å². The van der Waals surface area contributed by atoms with E-state index >= 15 is 0 Å². The minimum atomic E-state index is 0.290.